The van der Waals surface area contributed by atoms with Gasteiger partial charge in [0.15, 0.2) is 0 Å². The van der Waals surface area contributed by atoms with Gasteiger partial charge in [-0.2, -0.15) is 0 Å². The van der Waals surface area contributed by atoms with Gasteiger partial charge in [0.2, 0.25) is 5.95 Å². The minimum Gasteiger partial charge on any atom is -0.352 e. The topological polar surface area (TPSA) is 49.8 Å². The zero-order valence-corrected chi connectivity index (χ0v) is 10.7. The number of hydrogen-bond acceptors (Lipinski definition) is 4. The maximum Gasteiger partial charge on any atom is 0.223 e. The molecule has 0 saturated carbocycles. The maximum atomic E-state index is 4.43. The number of nitrogens with one attached hydrogen (secondary N) is 2. The van der Waals surface area contributed by atoms with Gasteiger partial charge in [-0.25, -0.2) is 9.97 Å². The van der Waals surface area contributed by atoms with Crippen molar-refractivity contribution in [2.75, 3.05) is 11.9 Å². The second-order valence-electron chi connectivity index (χ2n) is 4.28. The Hall–Kier alpha value is -1.16. The van der Waals surface area contributed by atoms with Crippen LogP contribution < -0.4 is 10.6 Å². The van der Waals surface area contributed by atoms with Crippen LogP contribution in [0.1, 0.15) is 38.4 Å². The summed E-state index contributed by atoms with van der Waals surface area (Å²) in [6.07, 6.45) is 3.04. The summed E-state index contributed by atoms with van der Waals surface area (Å²) in [6, 6.07) is 0.364. The molecule has 1 rings (SSSR count). The van der Waals surface area contributed by atoms with Gasteiger partial charge in [0.1, 0.15) is 0 Å². The van der Waals surface area contributed by atoms with E-state index in [4.69, 9.17) is 0 Å². The average Bonchev–Trinajstić information content (AvgIpc) is 2.20. The monoisotopic (exact) mass is 222 g/mol. The van der Waals surface area contributed by atoms with E-state index in [-0.39, 0.29) is 0 Å². The van der Waals surface area contributed by atoms with Crippen molar-refractivity contribution in [3.8, 4) is 0 Å². The fourth-order valence-corrected chi connectivity index (χ4v) is 1.39. The number of hydrogen-bond donors (Lipinski definition) is 2. The molecule has 0 bridgehead atoms. The molecule has 16 heavy (non-hydrogen) atoms. The molecule has 0 amide bonds. The Kier molecular flexibility index (Phi) is 5.19. The van der Waals surface area contributed by atoms with E-state index >= 15 is 0 Å². The van der Waals surface area contributed by atoms with Crippen LogP contribution in [-0.4, -0.2) is 22.6 Å². The Bertz CT molecular complexity index is 323. The normalized spacial score (nSPS) is 10.8. The molecule has 2 N–H and O–H groups in total. The van der Waals surface area contributed by atoms with E-state index in [1.807, 2.05) is 13.1 Å². The minimum absolute atomic E-state index is 0.364. The van der Waals surface area contributed by atoms with Crippen molar-refractivity contribution in [3.05, 3.63) is 17.5 Å². The highest BCUT2D eigenvalue weighted by Crippen LogP contribution is 2.07. The molecule has 0 spiro atoms. The number of aryl methyl sites for hydroxylation is 1. The number of anilines is 1. The zero-order valence-electron chi connectivity index (χ0n) is 10.7. The first kappa shape index (κ1) is 12.9. The van der Waals surface area contributed by atoms with E-state index in [1.165, 1.54) is 5.56 Å². The molecule has 1 aromatic rings. The molecule has 4 heteroatoms. The highest BCUT2D eigenvalue weighted by molar-refractivity contribution is 5.29. The largest absolute Gasteiger partial charge is 0.352 e. The Morgan fingerprint density at radius 1 is 1.38 bits per heavy atom. The predicted molar refractivity (Wildman–Crippen MR) is 67.5 cm³/mol. The molecule has 1 aromatic heterocycles. The molecule has 0 radical (unpaired) electrons. The Morgan fingerprint density at radius 3 is 2.69 bits per heavy atom. The van der Waals surface area contributed by atoms with Gasteiger partial charge in [0.05, 0.1) is 0 Å². The van der Waals surface area contributed by atoms with E-state index in [2.05, 4.69) is 41.4 Å². The third kappa shape index (κ3) is 4.14. The molecule has 0 atom stereocenters. The first-order valence-electron chi connectivity index (χ1n) is 5.93. The van der Waals surface area contributed by atoms with Gasteiger partial charge in [-0.3, -0.25) is 0 Å². The van der Waals surface area contributed by atoms with Gasteiger partial charge in [-0.05, 0) is 33.7 Å². The molecule has 0 aromatic carbocycles. The van der Waals surface area contributed by atoms with Crippen molar-refractivity contribution in [1.82, 2.24) is 15.3 Å². The number of nitrogens with zero attached hydrogens (tertiary/aromatic N) is 2. The van der Waals surface area contributed by atoms with Crippen LogP contribution in [0.4, 0.5) is 5.95 Å². The summed E-state index contributed by atoms with van der Waals surface area (Å²) in [5, 5.41) is 6.55. The van der Waals surface area contributed by atoms with Crippen LogP contribution in [0.5, 0.6) is 0 Å². The first-order valence-corrected chi connectivity index (χ1v) is 5.93. The predicted octanol–water partition coefficient (Wildman–Crippen LogP) is 2.10. The van der Waals surface area contributed by atoms with Crippen LogP contribution >= 0.6 is 0 Å². The van der Waals surface area contributed by atoms with Gasteiger partial charge in [0, 0.05) is 30.0 Å². The molecule has 0 unspecified atom stereocenters. The van der Waals surface area contributed by atoms with Gasteiger partial charge < -0.3 is 10.6 Å². The van der Waals surface area contributed by atoms with Crippen LogP contribution in [-0.2, 0) is 6.54 Å². The van der Waals surface area contributed by atoms with Crippen LogP contribution in [0.15, 0.2) is 6.20 Å². The molecule has 0 saturated heterocycles. The molecule has 0 aliphatic carbocycles. The van der Waals surface area contributed by atoms with E-state index < -0.39 is 0 Å². The van der Waals surface area contributed by atoms with E-state index in [9.17, 15) is 0 Å². The standard InChI is InChI=1S/C12H22N4/c1-5-6-13-7-11-8-14-12(15-9(2)3)16-10(11)4/h8-9,13H,5-7H2,1-4H3,(H,14,15,16). The third-order valence-electron chi connectivity index (χ3n) is 2.24. The third-order valence-corrected chi connectivity index (χ3v) is 2.24. The zero-order chi connectivity index (χ0) is 12.0. The molecule has 90 valence electrons. The lowest BCUT2D eigenvalue weighted by molar-refractivity contribution is 0.668. The summed E-state index contributed by atoms with van der Waals surface area (Å²) < 4.78 is 0. The summed E-state index contributed by atoms with van der Waals surface area (Å²) in [5.41, 5.74) is 2.21. The molecular formula is C12H22N4. The van der Waals surface area contributed by atoms with E-state index in [0.29, 0.717) is 12.0 Å². The van der Waals surface area contributed by atoms with Crippen molar-refractivity contribution < 1.29 is 0 Å². The minimum atomic E-state index is 0.364. The molecular weight excluding hydrogens is 200 g/mol. The van der Waals surface area contributed by atoms with Crippen LogP contribution in [0.25, 0.3) is 0 Å². The van der Waals surface area contributed by atoms with Crippen molar-refractivity contribution in [2.45, 2.75) is 46.7 Å². The summed E-state index contributed by atoms with van der Waals surface area (Å²) in [7, 11) is 0. The molecule has 1 heterocycles. The fourth-order valence-electron chi connectivity index (χ4n) is 1.39. The first-order chi connectivity index (χ1) is 7.63. The Balaban J connectivity index is 2.60. The van der Waals surface area contributed by atoms with Crippen molar-refractivity contribution in [2.24, 2.45) is 0 Å². The fraction of sp³-hybridized carbons (Fsp3) is 0.667. The van der Waals surface area contributed by atoms with Crippen LogP contribution in [0.3, 0.4) is 0 Å². The number of aromatic nitrogens is 2. The molecule has 4 nitrogen and oxygen atoms in total. The highest BCUT2D eigenvalue weighted by atomic mass is 15.1. The van der Waals surface area contributed by atoms with Crippen LogP contribution in [0.2, 0.25) is 0 Å². The van der Waals surface area contributed by atoms with Gasteiger partial charge >= 0.3 is 0 Å². The quantitative estimate of drug-likeness (QED) is 0.724. The second-order valence-corrected chi connectivity index (χ2v) is 4.28. The summed E-state index contributed by atoms with van der Waals surface area (Å²) >= 11 is 0. The lowest BCUT2D eigenvalue weighted by Gasteiger charge is -2.11. The lowest BCUT2D eigenvalue weighted by atomic mass is 10.2. The summed E-state index contributed by atoms with van der Waals surface area (Å²) in [4.78, 5) is 8.73. The van der Waals surface area contributed by atoms with Crippen molar-refractivity contribution in [3.63, 3.8) is 0 Å². The smallest absolute Gasteiger partial charge is 0.223 e. The summed E-state index contributed by atoms with van der Waals surface area (Å²) in [5.74, 6) is 0.715. The molecule has 0 aliphatic rings. The SMILES string of the molecule is CCCNCc1cnc(NC(C)C)nc1C. The van der Waals surface area contributed by atoms with E-state index in [0.717, 1.165) is 25.2 Å². The average molecular weight is 222 g/mol. The van der Waals surface area contributed by atoms with Crippen molar-refractivity contribution >= 4 is 5.95 Å². The summed E-state index contributed by atoms with van der Waals surface area (Å²) in [6.45, 7) is 10.2. The highest BCUT2D eigenvalue weighted by Gasteiger charge is 2.03. The van der Waals surface area contributed by atoms with Gasteiger partial charge in [0.25, 0.3) is 0 Å². The lowest BCUT2D eigenvalue weighted by Crippen LogP contribution is -2.17. The maximum absolute atomic E-state index is 4.43. The molecule has 0 fully saturated rings. The molecule has 0 aliphatic heterocycles. The van der Waals surface area contributed by atoms with Gasteiger partial charge in [-0.1, -0.05) is 6.92 Å². The van der Waals surface area contributed by atoms with Gasteiger partial charge in [-0.15, -0.1) is 0 Å². The second kappa shape index (κ2) is 6.43. The van der Waals surface area contributed by atoms with E-state index in [1.54, 1.807) is 0 Å². The Labute approximate surface area is 97.9 Å². The van der Waals surface area contributed by atoms with Crippen molar-refractivity contribution in [1.29, 1.82) is 0 Å². The Morgan fingerprint density at radius 2 is 2.12 bits per heavy atom. The number of rotatable bonds is 6. The van der Waals surface area contributed by atoms with Crippen LogP contribution in [0, 0.1) is 6.92 Å².